The fourth-order valence-electron chi connectivity index (χ4n) is 3.26. The first-order chi connectivity index (χ1) is 13.2. The maximum atomic E-state index is 12.6. The molecular weight excluding hydrogens is 338 g/mol. The molecule has 2 aromatic carbocycles. The molecular formula is C23H21NO3. The summed E-state index contributed by atoms with van der Waals surface area (Å²) in [5.74, 6) is -0.601. The number of aldehydes is 1. The lowest BCUT2D eigenvalue weighted by Crippen LogP contribution is -2.25. The number of carbonyl (C=O) groups excluding carboxylic acids is 3. The van der Waals surface area contributed by atoms with Crippen LogP contribution in [0.15, 0.2) is 84.7 Å². The van der Waals surface area contributed by atoms with Crippen molar-refractivity contribution in [1.29, 1.82) is 0 Å². The molecule has 0 aliphatic carbocycles. The van der Waals surface area contributed by atoms with Crippen molar-refractivity contribution < 1.29 is 14.4 Å². The van der Waals surface area contributed by atoms with E-state index in [1.54, 1.807) is 17.0 Å². The standard InChI is InChI=1S/C23H21NO3/c25-15-13-21(26)23(19-10-5-2-6-11-19)20-12-7-14-24(16-20)17-22(27)18-8-3-1-4-9-18/h1-11,14-16,23H,12-13,17H2. The van der Waals surface area contributed by atoms with Gasteiger partial charge in [-0.2, -0.15) is 0 Å². The summed E-state index contributed by atoms with van der Waals surface area (Å²) >= 11 is 0. The molecule has 1 aliphatic rings. The lowest BCUT2D eigenvalue weighted by atomic mass is 9.84. The Morgan fingerprint density at radius 1 is 1.00 bits per heavy atom. The highest BCUT2D eigenvalue weighted by Crippen LogP contribution is 2.31. The van der Waals surface area contributed by atoms with E-state index in [1.165, 1.54) is 0 Å². The third kappa shape index (κ3) is 4.67. The van der Waals surface area contributed by atoms with E-state index in [9.17, 15) is 14.4 Å². The van der Waals surface area contributed by atoms with Crippen molar-refractivity contribution >= 4 is 17.9 Å². The van der Waals surface area contributed by atoms with Gasteiger partial charge in [-0.05, 0) is 17.6 Å². The Labute approximate surface area is 158 Å². The van der Waals surface area contributed by atoms with Crippen molar-refractivity contribution in [2.45, 2.75) is 18.8 Å². The Morgan fingerprint density at radius 2 is 1.67 bits per heavy atom. The topological polar surface area (TPSA) is 54.5 Å². The minimum absolute atomic E-state index is 0.00762. The van der Waals surface area contributed by atoms with Gasteiger partial charge < -0.3 is 9.69 Å². The van der Waals surface area contributed by atoms with Gasteiger partial charge in [0.2, 0.25) is 0 Å². The summed E-state index contributed by atoms with van der Waals surface area (Å²) in [4.78, 5) is 37.8. The zero-order valence-corrected chi connectivity index (χ0v) is 15.0. The first kappa shape index (κ1) is 18.5. The number of rotatable bonds is 8. The molecule has 0 fully saturated rings. The van der Waals surface area contributed by atoms with Crippen LogP contribution >= 0.6 is 0 Å². The van der Waals surface area contributed by atoms with Crippen LogP contribution in [0.2, 0.25) is 0 Å². The van der Waals surface area contributed by atoms with E-state index in [-0.39, 0.29) is 24.5 Å². The molecule has 1 heterocycles. The molecule has 27 heavy (non-hydrogen) atoms. The molecule has 0 aromatic heterocycles. The van der Waals surface area contributed by atoms with Gasteiger partial charge in [-0.25, -0.2) is 0 Å². The predicted molar refractivity (Wildman–Crippen MR) is 104 cm³/mol. The van der Waals surface area contributed by atoms with E-state index in [0.29, 0.717) is 18.3 Å². The van der Waals surface area contributed by atoms with Crippen molar-refractivity contribution in [2.75, 3.05) is 6.54 Å². The van der Waals surface area contributed by atoms with Gasteiger partial charge in [-0.15, -0.1) is 0 Å². The quantitative estimate of drug-likeness (QED) is 0.407. The second-order valence-corrected chi connectivity index (χ2v) is 6.44. The Hall–Kier alpha value is -3.27. The number of ketones is 2. The first-order valence-corrected chi connectivity index (χ1v) is 8.91. The summed E-state index contributed by atoms with van der Waals surface area (Å²) in [6.45, 7) is 0.202. The smallest absolute Gasteiger partial charge is 0.182 e. The number of hydrogen-bond acceptors (Lipinski definition) is 4. The Bertz CT molecular complexity index is 869. The fraction of sp³-hybridized carbons (Fsp3) is 0.174. The van der Waals surface area contributed by atoms with Crippen LogP contribution in [-0.2, 0) is 9.59 Å². The summed E-state index contributed by atoms with van der Waals surface area (Å²) in [7, 11) is 0. The van der Waals surface area contributed by atoms with E-state index >= 15 is 0 Å². The second-order valence-electron chi connectivity index (χ2n) is 6.44. The SMILES string of the molecule is O=CCC(=O)C(C1=CN(CC(=O)c2ccccc2)C=CC1)c1ccccc1. The lowest BCUT2D eigenvalue weighted by molar-refractivity contribution is -0.122. The Balaban J connectivity index is 1.83. The van der Waals surface area contributed by atoms with E-state index in [0.717, 1.165) is 11.1 Å². The maximum Gasteiger partial charge on any atom is 0.182 e. The van der Waals surface area contributed by atoms with Crippen LogP contribution in [0.3, 0.4) is 0 Å². The van der Waals surface area contributed by atoms with E-state index < -0.39 is 5.92 Å². The predicted octanol–water partition coefficient (Wildman–Crippen LogP) is 3.91. The molecule has 0 saturated carbocycles. The van der Waals surface area contributed by atoms with Crippen LogP contribution < -0.4 is 0 Å². The van der Waals surface area contributed by atoms with Crippen LogP contribution in [0.1, 0.15) is 34.7 Å². The minimum atomic E-state index is -0.476. The summed E-state index contributed by atoms with van der Waals surface area (Å²) < 4.78 is 0. The highest BCUT2D eigenvalue weighted by Gasteiger charge is 2.25. The Morgan fingerprint density at radius 3 is 2.33 bits per heavy atom. The first-order valence-electron chi connectivity index (χ1n) is 8.91. The van der Waals surface area contributed by atoms with E-state index in [1.807, 2.05) is 67.0 Å². The molecule has 136 valence electrons. The molecule has 0 N–H and O–H groups in total. The monoisotopic (exact) mass is 359 g/mol. The number of allylic oxidation sites excluding steroid dienone is 2. The average Bonchev–Trinajstić information content (AvgIpc) is 2.70. The molecule has 0 saturated heterocycles. The molecule has 1 aliphatic heterocycles. The fourth-order valence-corrected chi connectivity index (χ4v) is 3.26. The third-order valence-electron chi connectivity index (χ3n) is 4.51. The van der Waals surface area contributed by atoms with Gasteiger partial charge >= 0.3 is 0 Å². The van der Waals surface area contributed by atoms with Gasteiger partial charge in [0.05, 0.1) is 18.9 Å². The second kappa shape index (κ2) is 8.90. The lowest BCUT2D eigenvalue weighted by Gasteiger charge is -2.25. The number of nitrogens with zero attached hydrogens (tertiary/aromatic N) is 1. The van der Waals surface area contributed by atoms with Crippen molar-refractivity contribution in [3.63, 3.8) is 0 Å². The normalized spacial score (nSPS) is 14.4. The van der Waals surface area contributed by atoms with E-state index in [2.05, 4.69) is 0 Å². The highest BCUT2D eigenvalue weighted by atomic mass is 16.1. The van der Waals surface area contributed by atoms with Gasteiger partial charge in [-0.1, -0.05) is 66.7 Å². The highest BCUT2D eigenvalue weighted by molar-refractivity contribution is 5.98. The molecule has 2 aromatic rings. The van der Waals surface area contributed by atoms with Crippen LogP contribution in [0.25, 0.3) is 0 Å². The van der Waals surface area contributed by atoms with Crippen LogP contribution in [0, 0.1) is 0 Å². The molecule has 1 atom stereocenters. The van der Waals surface area contributed by atoms with Crippen LogP contribution in [0.5, 0.6) is 0 Å². The number of carbonyl (C=O) groups is 3. The maximum absolute atomic E-state index is 12.6. The van der Waals surface area contributed by atoms with Gasteiger partial charge in [0.25, 0.3) is 0 Å². The molecule has 4 heteroatoms. The molecule has 0 amide bonds. The van der Waals surface area contributed by atoms with Gasteiger partial charge in [0.15, 0.2) is 11.6 Å². The summed E-state index contributed by atoms with van der Waals surface area (Å²) in [6.07, 6.45) is 6.80. The van der Waals surface area contributed by atoms with E-state index in [4.69, 9.17) is 0 Å². The van der Waals surface area contributed by atoms with Gasteiger partial charge in [-0.3, -0.25) is 9.59 Å². The van der Waals surface area contributed by atoms with Crippen LogP contribution in [0.4, 0.5) is 0 Å². The van der Waals surface area contributed by atoms with Gasteiger partial charge in [0.1, 0.15) is 6.29 Å². The zero-order chi connectivity index (χ0) is 19.1. The molecule has 3 rings (SSSR count). The molecule has 0 radical (unpaired) electrons. The van der Waals surface area contributed by atoms with Crippen molar-refractivity contribution in [3.05, 3.63) is 95.8 Å². The van der Waals surface area contributed by atoms with Gasteiger partial charge in [0, 0.05) is 18.0 Å². The average molecular weight is 359 g/mol. The molecule has 0 spiro atoms. The Kier molecular flexibility index (Phi) is 6.10. The molecule has 1 unspecified atom stereocenters. The van der Waals surface area contributed by atoms with Crippen molar-refractivity contribution in [1.82, 2.24) is 4.90 Å². The minimum Gasteiger partial charge on any atom is -0.347 e. The molecule has 4 nitrogen and oxygen atoms in total. The summed E-state index contributed by atoms with van der Waals surface area (Å²) in [5, 5.41) is 0. The summed E-state index contributed by atoms with van der Waals surface area (Å²) in [6, 6.07) is 18.6. The largest absolute Gasteiger partial charge is 0.347 e. The zero-order valence-electron chi connectivity index (χ0n) is 15.0. The number of benzene rings is 2. The van der Waals surface area contributed by atoms with Crippen molar-refractivity contribution in [2.24, 2.45) is 0 Å². The van der Waals surface area contributed by atoms with Crippen LogP contribution in [-0.4, -0.2) is 29.3 Å². The number of Topliss-reactive ketones (excluding diaryl/α,β-unsaturated/α-hetero) is 2. The summed E-state index contributed by atoms with van der Waals surface area (Å²) in [5.41, 5.74) is 2.40. The third-order valence-corrected chi connectivity index (χ3v) is 4.51. The number of hydrogen-bond donors (Lipinski definition) is 0. The van der Waals surface area contributed by atoms with Crippen molar-refractivity contribution in [3.8, 4) is 0 Å². The molecule has 0 bridgehead atoms.